The van der Waals surface area contributed by atoms with Crippen LogP contribution in [-0.2, 0) is 26.2 Å². The van der Waals surface area contributed by atoms with Gasteiger partial charge in [-0.15, -0.1) is 0 Å². The summed E-state index contributed by atoms with van der Waals surface area (Å²) in [6.07, 6.45) is 0. The molecule has 1 unspecified atom stereocenters. The van der Waals surface area contributed by atoms with Crippen molar-refractivity contribution in [3.63, 3.8) is 0 Å². The second-order valence-electron chi connectivity index (χ2n) is 6.87. The zero-order valence-electron chi connectivity index (χ0n) is 17.1. The second kappa shape index (κ2) is 9.67. The van der Waals surface area contributed by atoms with Crippen molar-refractivity contribution in [3.8, 4) is 0 Å². The topological polar surface area (TPSA) is 86.8 Å². The van der Waals surface area contributed by atoms with Crippen LogP contribution in [0.5, 0.6) is 0 Å². The predicted molar refractivity (Wildman–Crippen MR) is 112 cm³/mol. The molecule has 156 valence electrons. The van der Waals surface area contributed by atoms with Gasteiger partial charge in [0.25, 0.3) is 0 Å². The van der Waals surface area contributed by atoms with E-state index in [-0.39, 0.29) is 23.9 Å². The number of nitrogens with one attached hydrogen (secondary N) is 1. The fraction of sp³-hybridized carbons (Fsp3) is 0.333. The summed E-state index contributed by atoms with van der Waals surface area (Å²) in [7, 11) is -0.966. The van der Waals surface area contributed by atoms with E-state index in [2.05, 4.69) is 5.32 Å². The lowest BCUT2D eigenvalue weighted by atomic mass is 10.1. The van der Waals surface area contributed by atoms with Crippen molar-refractivity contribution in [2.24, 2.45) is 0 Å². The first-order valence-electron chi connectivity index (χ1n) is 9.24. The lowest BCUT2D eigenvalue weighted by Crippen LogP contribution is -2.50. The molecule has 2 aromatic carbocycles. The summed E-state index contributed by atoms with van der Waals surface area (Å²) in [6, 6.07) is 14.9. The Kier molecular flexibility index (Phi) is 7.53. The van der Waals surface area contributed by atoms with Crippen LogP contribution in [0.3, 0.4) is 0 Å². The van der Waals surface area contributed by atoms with Crippen LogP contribution in [-0.4, -0.2) is 56.1 Å². The minimum Gasteiger partial charge on any atom is -0.357 e. The maximum absolute atomic E-state index is 13.0. The van der Waals surface area contributed by atoms with Crippen LogP contribution in [0.4, 0.5) is 0 Å². The van der Waals surface area contributed by atoms with Gasteiger partial charge >= 0.3 is 0 Å². The summed E-state index contributed by atoms with van der Waals surface area (Å²) in [5.41, 5.74) is 1.79. The third-order valence-corrected chi connectivity index (χ3v) is 6.51. The number of aryl methyl sites for hydroxylation is 1. The average molecular weight is 418 g/mol. The number of nitrogens with zero attached hydrogens (tertiary/aromatic N) is 2. The number of benzene rings is 2. The number of carbonyl (C=O) groups excluding carboxylic acids is 2. The molecule has 7 nitrogen and oxygen atoms in total. The van der Waals surface area contributed by atoms with E-state index in [1.165, 1.54) is 31.1 Å². The third kappa shape index (κ3) is 5.65. The number of sulfonamides is 1. The molecule has 0 aliphatic rings. The van der Waals surface area contributed by atoms with Crippen LogP contribution in [0.1, 0.15) is 18.1 Å². The van der Waals surface area contributed by atoms with Crippen molar-refractivity contribution in [1.82, 2.24) is 14.5 Å². The standard InChI is InChI=1S/C21H27N3O4S/c1-16-10-12-19(13-11-16)29(27,28)23(4)15-20(25)24(17(2)21(26)22-3)14-18-8-6-5-7-9-18/h5-13,17H,14-15H2,1-4H3,(H,22,26). The van der Waals surface area contributed by atoms with E-state index in [0.717, 1.165) is 15.4 Å². The minimum absolute atomic E-state index is 0.118. The molecule has 0 aliphatic heterocycles. The molecule has 0 bridgehead atoms. The van der Waals surface area contributed by atoms with E-state index in [1.54, 1.807) is 19.1 Å². The van der Waals surface area contributed by atoms with Gasteiger partial charge in [-0.05, 0) is 31.5 Å². The van der Waals surface area contributed by atoms with E-state index in [9.17, 15) is 18.0 Å². The van der Waals surface area contributed by atoms with E-state index < -0.39 is 22.0 Å². The molecule has 0 radical (unpaired) electrons. The lowest BCUT2D eigenvalue weighted by molar-refractivity contribution is -0.140. The highest BCUT2D eigenvalue weighted by Crippen LogP contribution is 2.16. The smallest absolute Gasteiger partial charge is 0.243 e. The van der Waals surface area contributed by atoms with Gasteiger partial charge in [-0.3, -0.25) is 9.59 Å². The molecule has 0 heterocycles. The van der Waals surface area contributed by atoms with E-state index in [0.29, 0.717) is 0 Å². The summed E-state index contributed by atoms with van der Waals surface area (Å²) in [6.45, 7) is 3.32. The SMILES string of the molecule is CNC(=O)C(C)N(Cc1ccccc1)C(=O)CN(C)S(=O)(=O)c1ccc(C)cc1. The highest BCUT2D eigenvalue weighted by molar-refractivity contribution is 7.89. The summed E-state index contributed by atoms with van der Waals surface area (Å²) < 4.78 is 26.6. The Morgan fingerprint density at radius 1 is 1.03 bits per heavy atom. The fourth-order valence-corrected chi connectivity index (χ4v) is 3.95. The zero-order valence-corrected chi connectivity index (χ0v) is 17.9. The molecule has 2 amide bonds. The molecule has 0 saturated carbocycles. The van der Waals surface area contributed by atoms with Crippen molar-refractivity contribution in [2.75, 3.05) is 20.6 Å². The maximum Gasteiger partial charge on any atom is 0.243 e. The van der Waals surface area contributed by atoms with Crippen LogP contribution in [0.2, 0.25) is 0 Å². The fourth-order valence-electron chi connectivity index (χ4n) is 2.83. The molecule has 8 heteroatoms. The minimum atomic E-state index is -3.82. The molecular weight excluding hydrogens is 390 g/mol. The first-order chi connectivity index (χ1) is 13.7. The number of hydrogen-bond donors (Lipinski definition) is 1. The number of rotatable bonds is 8. The summed E-state index contributed by atoms with van der Waals surface area (Å²) in [5, 5.41) is 2.54. The summed E-state index contributed by atoms with van der Waals surface area (Å²) >= 11 is 0. The lowest BCUT2D eigenvalue weighted by Gasteiger charge is -2.30. The van der Waals surface area contributed by atoms with Crippen LogP contribution < -0.4 is 5.32 Å². The van der Waals surface area contributed by atoms with E-state index >= 15 is 0 Å². The number of likely N-dealkylation sites (N-methyl/N-ethyl adjacent to an activating group) is 2. The molecule has 0 aromatic heterocycles. The van der Waals surface area contributed by atoms with E-state index in [1.807, 2.05) is 37.3 Å². The Morgan fingerprint density at radius 3 is 2.17 bits per heavy atom. The van der Waals surface area contributed by atoms with Crippen LogP contribution in [0, 0.1) is 6.92 Å². The molecule has 2 rings (SSSR count). The third-order valence-electron chi connectivity index (χ3n) is 4.70. The first-order valence-corrected chi connectivity index (χ1v) is 10.7. The van der Waals surface area contributed by atoms with Crippen molar-refractivity contribution in [2.45, 2.75) is 31.3 Å². The first kappa shape index (κ1) is 22.6. The Balaban J connectivity index is 2.23. The van der Waals surface area contributed by atoms with Crippen LogP contribution in [0.25, 0.3) is 0 Å². The predicted octanol–water partition coefficient (Wildman–Crippen LogP) is 1.78. The molecular formula is C21H27N3O4S. The molecule has 0 fully saturated rings. The van der Waals surface area contributed by atoms with Gasteiger partial charge in [-0.2, -0.15) is 4.31 Å². The molecule has 2 aromatic rings. The van der Waals surface area contributed by atoms with E-state index in [4.69, 9.17) is 0 Å². The monoisotopic (exact) mass is 417 g/mol. The molecule has 0 spiro atoms. The maximum atomic E-state index is 13.0. The Labute approximate surface area is 172 Å². The van der Waals surface area contributed by atoms with Crippen molar-refractivity contribution >= 4 is 21.8 Å². The second-order valence-corrected chi connectivity index (χ2v) is 8.92. The molecule has 1 N–H and O–H groups in total. The molecule has 1 atom stereocenters. The number of carbonyl (C=O) groups is 2. The van der Waals surface area contributed by atoms with Crippen LogP contribution >= 0.6 is 0 Å². The van der Waals surface area contributed by atoms with Gasteiger partial charge in [0.05, 0.1) is 11.4 Å². The largest absolute Gasteiger partial charge is 0.357 e. The molecule has 0 aliphatic carbocycles. The normalized spacial score (nSPS) is 12.4. The van der Waals surface area contributed by atoms with Gasteiger partial charge in [0.1, 0.15) is 6.04 Å². The van der Waals surface area contributed by atoms with Crippen molar-refractivity contribution < 1.29 is 18.0 Å². The van der Waals surface area contributed by atoms with Crippen LogP contribution in [0.15, 0.2) is 59.5 Å². The van der Waals surface area contributed by atoms with Crippen molar-refractivity contribution in [3.05, 3.63) is 65.7 Å². The van der Waals surface area contributed by atoms with Gasteiger partial charge in [0.15, 0.2) is 0 Å². The summed E-state index contributed by atoms with van der Waals surface area (Å²) in [4.78, 5) is 26.6. The zero-order chi connectivity index (χ0) is 21.6. The molecule has 0 saturated heterocycles. The Bertz CT molecular complexity index is 944. The molecule has 29 heavy (non-hydrogen) atoms. The van der Waals surface area contributed by atoms with Gasteiger partial charge in [0, 0.05) is 20.6 Å². The van der Waals surface area contributed by atoms with Gasteiger partial charge in [-0.1, -0.05) is 48.0 Å². The highest BCUT2D eigenvalue weighted by Gasteiger charge is 2.29. The van der Waals surface area contributed by atoms with Gasteiger partial charge in [-0.25, -0.2) is 8.42 Å². The Morgan fingerprint density at radius 2 is 1.62 bits per heavy atom. The Hall–Kier alpha value is -2.71. The van der Waals surface area contributed by atoms with Crippen molar-refractivity contribution in [1.29, 1.82) is 0 Å². The van der Waals surface area contributed by atoms with Gasteiger partial charge in [0.2, 0.25) is 21.8 Å². The number of amides is 2. The average Bonchev–Trinajstić information content (AvgIpc) is 2.71. The summed E-state index contributed by atoms with van der Waals surface area (Å²) in [5.74, 6) is -0.776. The quantitative estimate of drug-likeness (QED) is 0.709. The highest BCUT2D eigenvalue weighted by atomic mass is 32.2. The number of hydrogen-bond acceptors (Lipinski definition) is 4. The van der Waals surface area contributed by atoms with Gasteiger partial charge < -0.3 is 10.2 Å².